The van der Waals surface area contributed by atoms with Gasteiger partial charge >= 0.3 is 37.7 Å². The van der Waals surface area contributed by atoms with Crippen LogP contribution in [0, 0.1) is 29.1 Å². The molecule has 0 atom stereocenters. The van der Waals surface area contributed by atoms with Crippen molar-refractivity contribution in [3.05, 3.63) is 29.1 Å². The standard InChI is InChI=1S/C6BF5O2.2Li/c8-2-1(7(13)14)3(9)5(11)6(12)4(2)10;;/q-2;2*+1. The van der Waals surface area contributed by atoms with E-state index in [1.165, 1.54) is 0 Å². The second-order valence-corrected chi connectivity index (χ2v) is 2.32. The molecule has 1 rings (SSSR count). The van der Waals surface area contributed by atoms with Crippen molar-refractivity contribution in [2.24, 2.45) is 0 Å². The quantitative estimate of drug-likeness (QED) is 0.206. The Morgan fingerprint density at radius 3 is 1.12 bits per heavy atom. The minimum atomic E-state index is -3.26. The molecular weight excluding hydrogens is 224 g/mol. The predicted molar refractivity (Wildman–Crippen MR) is 31.6 cm³/mol. The molecule has 0 aliphatic rings. The van der Waals surface area contributed by atoms with E-state index in [4.69, 9.17) is 0 Å². The van der Waals surface area contributed by atoms with Gasteiger partial charge in [-0.05, 0) is 5.46 Å². The number of hydrogen-bond donors (Lipinski definition) is 0. The van der Waals surface area contributed by atoms with Gasteiger partial charge < -0.3 is 10.0 Å². The van der Waals surface area contributed by atoms with Crippen LogP contribution in [0.15, 0.2) is 0 Å². The van der Waals surface area contributed by atoms with Crippen LogP contribution < -0.4 is 53.2 Å². The molecule has 0 unspecified atom stereocenters. The zero-order valence-corrected chi connectivity index (χ0v) is 8.28. The SMILES string of the molecule is [Li+].[Li+].[O-]B([O-])c1c(F)c(F)c(F)c(F)c1F. The summed E-state index contributed by atoms with van der Waals surface area (Å²) in [5.74, 6) is -11.7. The minimum Gasteiger partial charge on any atom is -0.889 e. The zero-order valence-electron chi connectivity index (χ0n) is 8.28. The van der Waals surface area contributed by atoms with Crippen molar-refractivity contribution in [2.75, 3.05) is 0 Å². The minimum absolute atomic E-state index is 0. The molecular formula is C6BF5Li2O2. The van der Waals surface area contributed by atoms with Gasteiger partial charge in [0.05, 0.1) is 0 Å². The van der Waals surface area contributed by atoms with Gasteiger partial charge in [0.25, 0.3) is 0 Å². The first-order valence-electron chi connectivity index (χ1n) is 3.20. The Kier molecular flexibility index (Phi) is 7.72. The van der Waals surface area contributed by atoms with Crippen LogP contribution in [0.1, 0.15) is 0 Å². The molecule has 0 aliphatic heterocycles. The summed E-state index contributed by atoms with van der Waals surface area (Å²) in [5, 5.41) is 20.2. The zero-order chi connectivity index (χ0) is 11.0. The summed E-state index contributed by atoms with van der Waals surface area (Å²) in [7, 11) is -3.26. The maximum absolute atomic E-state index is 12.5. The van der Waals surface area contributed by atoms with Crippen molar-refractivity contribution in [3.63, 3.8) is 0 Å². The molecule has 0 aromatic heterocycles. The van der Waals surface area contributed by atoms with Crippen molar-refractivity contribution in [2.45, 2.75) is 0 Å². The summed E-state index contributed by atoms with van der Waals surface area (Å²) in [6.07, 6.45) is 0. The van der Waals surface area contributed by atoms with Crippen LogP contribution in [0.2, 0.25) is 0 Å². The molecule has 0 saturated heterocycles. The number of hydrogen-bond acceptors (Lipinski definition) is 2. The molecule has 0 bridgehead atoms. The van der Waals surface area contributed by atoms with E-state index in [1.807, 2.05) is 0 Å². The van der Waals surface area contributed by atoms with Crippen LogP contribution in [0.3, 0.4) is 0 Å². The third-order valence-electron chi connectivity index (χ3n) is 1.48. The molecule has 1 aromatic rings. The molecule has 10 heteroatoms. The molecule has 2 nitrogen and oxygen atoms in total. The molecule has 0 heterocycles. The molecule has 16 heavy (non-hydrogen) atoms. The van der Waals surface area contributed by atoms with E-state index in [1.54, 1.807) is 0 Å². The summed E-state index contributed by atoms with van der Waals surface area (Å²) < 4.78 is 62.0. The van der Waals surface area contributed by atoms with Crippen LogP contribution in [0.4, 0.5) is 22.0 Å². The topological polar surface area (TPSA) is 46.1 Å². The van der Waals surface area contributed by atoms with Crippen molar-refractivity contribution in [1.29, 1.82) is 0 Å². The third-order valence-corrected chi connectivity index (χ3v) is 1.48. The van der Waals surface area contributed by atoms with Crippen molar-refractivity contribution >= 4 is 12.6 Å². The van der Waals surface area contributed by atoms with E-state index < -0.39 is 41.7 Å². The molecule has 0 saturated carbocycles. The second kappa shape index (κ2) is 6.70. The second-order valence-electron chi connectivity index (χ2n) is 2.32. The Labute approximate surface area is 111 Å². The number of benzene rings is 1. The van der Waals surface area contributed by atoms with E-state index in [2.05, 4.69) is 0 Å². The molecule has 0 aliphatic carbocycles. The summed E-state index contributed by atoms with van der Waals surface area (Å²) in [5.41, 5.74) is -1.89. The van der Waals surface area contributed by atoms with E-state index in [9.17, 15) is 32.0 Å². The molecule has 1 aromatic carbocycles. The fourth-order valence-electron chi connectivity index (χ4n) is 0.829. The summed E-state index contributed by atoms with van der Waals surface area (Å²) in [4.78, 5) is 0. The smallest absolute Gasteiger partial charge is 0.889 e. The van der Waals surface area contributed by atoms with Crippen molar-refractivity contribution < 1.29 is 69.7 Å². The van der Waals surface area contributed by atoms with Gasteiger partial charge in [0, 0.05) is 0 Å². The van der Waals surface area contributed by atoms with Gasteiger partial charge in [-0.2, -0.15) is 0 Å². The van der Waals surface area contributed by atoms with Crippen LogP contribution in [-0.4, -0.2) is 7.12 Å². The Morgan fingerprint density at radius 1 is 0.625 bits per heavy atom. The number of rotatable bonds is 1. The van der Waals surface area contributed by atoms with E-state index in [-0.39, 0.29) is 37.7 Å². The van der Waals surface area contributed by atoms with E-state index >= 15 is 0 Å². The molecule has 0 N–H and O–H groups in total. The van der Waals surface area contributed by atoms with Gasteiger partial charge in [-0.15, -0.1) is 0 Å². The third kappa shape index (κ3) is 3.04. The Bertz CT molecular complexity index is 361. The predicted octanol–water partition coefficient (Wildman–Crippen LogP) is -7.19. The van der Waals surface area contributed by atoms with Gasteiger partial charge in [0.2, 0.25) is 0 Å². The first-order chi connectivity index (χ1) is 6.37. The monoisotopic (exact) mass is 224 g/mol. The van der Waals surface area contributed by atoms with Crippen molar-refractivity contribution in [1.82, 2.24) is 0 Å². The Balaban J connectivity index is 0. The van der Waals surface area contributed by atoms with Crippen molar-refractivity contribution in [3.8, 4) is 0 Å². The summed E-state index contributed by atoms with van der Waals surface area (Å²) in [6, 6.07) is 0. The number of halogens is 5. The van der Waals surface area contributed by atoms with Crippen LogP contribution >= 0.6 is 0 Å². The average Bonchev–Trinajstić information content (AvgIpc) is 2.11. The molecule has 0 amide bonds. The maximum atomic E-state index is 12.5. The van der Waals surface area contributed by atoms with Gasteiger partial charge in [-0.3, -0.25) is 0 Å². The van der Waals surface area contributed by atoms with Gasteiger partial charge in [-0.1, -0.05) is 7.12 Å². The Morgan fingerprint density at radius 2 is 0.875 bits per heavy atom. The first kappa shape index (κ1) is 18.4. The van der Waals surface area contributed by atoms with Crippen LogP contribution in [-0.2, 0) is 0 Å². The molecule has 0 fully saturated rings. The van der Waals surface area contributed by atoms with Crippen LogP contribution in [0.5, 0.6) is 0 Å². The fourth-order valence-corrected chi connectivity index (χ4v) is 0.829. The van der Waals surface area contributed by atoms with Gasteiger partial charge in [-0.25, -0.2) is 22.0 Å². The van der Waals surface area contributed by atoms with Gasteiger partial charge in [0.1, 0.15) is 0 Å². The molecule has 0 radical (unpaired) electrons. The first-order valence-corrected chi connectivity index (χ1v) is 3.20. The van der Waals surface area contributed by atoms with Gasteiger partial charge in [0.15, 0.2) is 29.1 Å². The molecule has 76 valence electrons. The molecule has 0 spiro atoms. The summed E-state index contributed by atoms with van der Waals surface area (Å²) >= 11 is 0. The van der Waals surface area contributed by atoms with E-state index in [0.29, 0.717) is 0 Å². The summed E-state index contributed by atoms with van der Waals surface area (Å²) in [6.45, 7) is 0. The van der Waals surface area contributed by atoms with Crippen LogP contribution in [0.25, 0.3) is 0 Å². The average molecular weight is 224 g/mol. The Hall–Kier alpha value is 0.0497. The maximum Gasteiger partial charge on any atom is 1.00 e. The van der Waals surface area contributed by atoms with E-state index in [0.717, 1.165) is 0 Å². The largest absolute Gasteiger partial charge is 1.00 e. The normalized spacial score (nSPS) is 9.19. The fraction of sp³-hybridized carbons (Fsp3) is 0.